The van der Waals surface area contributed by atoms with Crippen LogP contribution in [0.2, 0.25) is 0 Å². The van der Waals surface area contributed by atoms with Crippen LogP contribution in [0.25, 0.3) is 0 Å². The van der Waals surface area contributed by atoms with Gasteiger partial charge in [0.1, 0.15) is 5.00 Å². The lowest BCUT2D eigenvalue weighted by Crippen LogP contribution is -2.15. The first-order chi connectivity index (χ1) is 11.3. The highest BCUT2D eigenvalue weighted by atomic mass is 32.1. The van der Waals surface area contributed by atoms with Crippen molar-refractivity contribution in [3.8, 4) is 0 Å². The van der Waals surface area contributed by atoms with Gasteiger partial charge in [-0.05, 0) is 38.8 Å². The zero-order valence-corrected chi connectivity index (χ0v) is 15.4. The van der Waals surface area contributed by atoms with Crippen LogP contribution in [0.15, 0.2) is 5.38 Å². The number of primary amides is 1. The number of carbonyl (C=O) groups excluding carboxylic acids is 3. The number of thiophene rings is 2. The Bertz CT molecular complexity index is 820. The van der Waals surface area contributed by atoms with Crippen molar-refractivity contribution in [2.45, 2.75) is 27.7 Å². The highest BCUT2D eigenvalue weighted by molar-refractivity contribution is 7.18. The number of anilines is 1. The number of amides is 2. The van der Waals surface area contributed by atoms with Crippen molar-refractivity contribution in [3.05, 3.63) is 37.4 Å². The summed E-state index contributed by atoms with van der Waals surface area (Å²) in [5.74, 6) is -1.57. The summed E-state index contributed by atoms with van der Waals surface area (Å²) in [6.07, 6.45) is 0. The molecule has 0 saturated heterocycles. The normalized spacial score (nSPS) is 10.5. The lowest BCUT2D eigenvalue weighted by atomic mass is 10.1. The molecule has 2 heterocycles. The van der Waals surface area contributed by atoms with Gasteiger partial charge < -0.3 is 15.8 Å². The molecule has 0 saturated carbocycles. The predicted octanol–water partition coefficient (Wildman–Crippen LogP) is 3.26. The van der Waals surface area contributed by atoms with Crippen molar-refractivity contribution in [2.75, 3.05) is 11.9 Å². The lowest BCUT2D eigenvalue weighted by Gasteiger charge is -2.07. The summed E-state index contributed by atoms with van der Waals surface area (Å²) in [6, 6.07) is 0. The van der Waals surface area contributed by atoms with Crippen molar-refractivity contribution in [3.63, 3.8) is 0 Å². The van der Waals surface area contributed by atoms with E-state index < -0.39 is 11.9 Å². The minimum absolute atomic E-state index is 0.175. The summed E-state index contributed by atoms with van der Waals surface area (Å²) in [6.45, 7) is 7.28. The van der Waals surface area contributed by atoms with E-state index in [1.54, 1.807) is 19.2 Å². The van der Waals surface area contributed by atoms with Gasteiger partial charge in [0, 0.05) is 10.3 Å². The number of ether oxygens (including phenoxy) is 1. The molecule has 128 valence electrons. The maximum Gasteiger partial charge on any atom is 0.341 e. The van der Waals surface area contributed by atoms with Crippen LogP contribution in [0.3, 0.4) is 0 Å². The van der Waals surface area contributed by atoms with Gasteiger partial charge >= 0.3 is 5.97 Å². The zero-order valence-electron chi connectivity index (χ0n) is 13.8. The second-order valence-electron chi connectivity index (χ2n) is 5.13. The van der Waals surface area contributed by atoms with Gasteiger partial charge in [0.05, 0.1) is 22.6 Å². The number of nitrogens with one attached hydrogen (secondary N) is 1. The van der Waals surface area contributed by atoms with Crippen molar-refractivity contribution in [2.24, 2.45) is 5.73 Å². The molecule has 24 heavy (non-hydrogen) atoms. The Morgan fingerprint density at radius 2 is 1.88 bits per heavy atom. The molecule has 0 spiro atoms. The topological polar surface area (TPSA) is 98.5 Å². The second kappa shape index (κ2) is 7.14. The molecule has 0 bridgehead atoms. The van der Waals surface area contributed by atoms with E-state index in [-0.39, 0.29) is 28.0 Å². The molecule has 8 heteroatoms. The van der Waals surface area contributed by atoms with Crippen molar-refractivity contribution >= 4 is 45.5 Å². The monoisotopic (exact) mass is 366 g/mol. The molecule has 0 aliphatic carbocycles. The smallest absolute Gasteiger partial charge is 0.341 e. The van der Waals surface area contributed by atoms with Gasteiger partial charge in [-0.1, -0.05) is 0 Å². The summed E-state index contributed by atoms with van der Waals surface area (Å²) in [7, 11) is 0. The molecule has 6 nitrogen and oxygen atoms in total. The summed E-state index contributed by atoms with van der Waals surface area (Å²) in [5.41, 5.74) is 7.37. The number of hydrogen-bond donors (Lipinski definition) is 2. The molecule has 0 aromatic carbocycles. The molecule has 0 aliphatic rings. The minimum atomic E-state index is -0.647. The van der Waals surface area contributed by atoms with Gasteiger partial charge in [-0.25, -0.2) is 4.79 Å². The van der Waals surface area contributed by atoms with E-state index in [0.29, 0.717) is 11.1 Å². The third-order valence-corrected chi connectivity index (χ3v) is 5.84. The number of nitrogens with two attached hydrogens (primary N) is 1. The zero-order chi connectivity index (χ0) is 18.0. The summed E-state index contributed by atoms with van der Waals surface area (Å²) < 4.78 is 5.02. The van der Waals surface area contributed by atoms with E-state index in [0.717, 1.165) is 21.8 Å². The van der Waals surface area contributed by atoms with Crippen molar-refractivity contribution in [1.82, 2.24) is 0 Å². The van der Waals surface area contributed by atoms with E-state index in [4.69, 9.17) is 10.5 Å². The fraction of sp³-hybridized carbons (Fsp3) is 0.312. The first-order valence-corrected chi connectivity index (χ1v) is 8.93. The van der Waals surface area contributed by atoms with Gasteiger partial charge in [0.2, 0.25) is 0 Å². The van der Waals surface area contributed by atoms with Crippen molar-refractivity contribution < 1.29 is 19.1 Å². The summed E-state index contributed by atoms with van der Waals surface area (Å²) in [5, 5.41) is 4.75. The molecule has 2 amide bonds. The molecule has 0 radical (unpaired) electrons. The number of carbonyl (C=O) groups is 3. The Morgan fingerprint density at radius 1 is 1.21 bits per heavy atom. The molecule has 0 unspecified atom stereocenters. The van der Waals surface area contributed by atoms with Gasteiger partial charge in [-0.2, -0.15) is 0 Å². The van der Waals surface area contributed by atoms with Crippen LogP contribution < -0.4 is 11.1 Å². The molecule has 2 aromatic heterocycles. The number of hydrogen-bond acceptors (Lipinski definition) is 6. The lowest BCUT2D eigenvalue weighted by molar-refractivity contribution is 0.0527. The van der Waals surface area contributed by atoms with E-state index >= 15 is 0 Å². The minimum Gasteiger partial charge on any atom is -0.462 e. The van der Waals surface area contributed by atoms with E-state index in [9.17, 15) is 14.4 Å². The van der Waals surface area contributed by atoms with Gasteiger partial charge in [-0.15, -0.1) is 22.7 Å². The molecule has 3 N–H and O–H groups in total. The predicted molar refractivity (Wildman–Crippen MR) is 95.3 cm³/mol. The Kier molecular flexibility index (Phi) is 5.40. The quantitative estimate of drug-likeness (QED) is 0.794. The molecule has 2 rings (SSSR count). The number of aryl methyl sites for hydroxylation is 1. The highest BCUT2D eigenvalue weighted by Crippen LogP contribution is 2.34. The first-order valence-electron chi connectivity index (χ1n) is 7.24. The fourth-order valence-corrected chi connectivity index (χ4v) is 4.10. The number of esters is 1. The highest BCUT2D eigenvalue weighted by Gasteiger charge is 2.26. The van der Waals surface area contributed by atoms with E-state index in [1.807, 2.05) is 13.8 Å². The van der Waals surface area contributed by atoms with Crippen LogP contribution in [-0.4, -0.2) is 24.4 Å². The van der Waals surface area contributed by atoms with Crippen LogP contribution in [-0.2, 0) is 4.74 Å². The average molecular weight is 366 g/mol. The summed E-state index contributed by atoms with van der Waals surface area (Å²) >= 11 is 2.46. The molecular formula is C16H18N2O4S2. The van der Waals surface area contributed by atoms with E-state index in [1.165, 1.54) is 11.3 Å². The molecule has 2 aromatic rings. The van der Waals surface area contributed by atoms with Crippen LogP contribution in [0.4, 0.5) is 5.00 Å². The molecule has 0 fully saturated rings. The largest absolute Gasteiger partial charge is 0.462 e. The Hall–Kier alpha value is -2.19. The average Bonchev–Trinajstić information content (AvgIpc) is 3.00. The molecule has 0 atom stereocenters. The summed E-state index contributed by atoms with van der Waals surface area (Å²) in [4.78, 5) is 37.5. The van der Waals surface area contributed by atoms with Crippen molar-refractivity contribution in [1.29, 1.82) is 0 Å². The Morgan fingerprint density at radius 3 is 2.38 bits per heavy atom. The Labute approximate surface area is 147 Å². The van der Waals surface area contributed by atoms with Crippen LogP contribution in [0.1, 0.15) is 53.3 Å². The number of rotatable bonds is 5. The Balaban J connectivity index is 2.43. The fourth-order valence-electron chi connectivity index (χ4n) is 2.19. The SMILES string of the molecule is CCOC(=O)c1c(NC(=O)c2csc(C)c2C)sc(C(N)=O)c1C. The van der Waals surface area contributed by atoms with Gasteiger partial charge in [-0.3, -0.25) is 9.59 Å². The third-order valence-electron chi connectivity index (χ3n) is 3.61. The van der Waals surface area contributed by atoms with Gasteiger partial charge in [0.15, 0.2) is 0 Å². The van der Waals surface area contributed by atoms with E-state index in [2.05, 4.69) is 5.32 Å². The standard InChI is InChI=1S/C16H18N2O4S2/c1-5-22-16(21)11-8(3)12(13(17)19)24-15(11)18-14(20)10-6-23-9(4)7(10)2/h6H,5H2,1-4H3,(H2,17,19)(H,18,20). The maximum atomic E-state index is 12.5. The van der Waals surface area contributed by atoms with Crippen LogP contribution in [0.5, 0.6) is 0 Å². The van der Waals surface area contributed by atoms with Gasteiger partial charge in [0.25, 0.3) is 11.8 Å². The maximum absolute atomic E-state index is 12.5. The van der Waals surface area contributed by atoms with Crippen LogP contribution >= 0.6 is 22.7 Å². The second-order valence-corrected chi connectivity index (χ2v) is 7.23. The first kappa shape index (κ1) is 18.2. The molecular weight excluding hydrogens is 348 g/mol. The third kappa shape index (κ3) is 3.34. The molecule has 0 aliphatic heterocycles. The van der Waals surface area contributed by atoms with Crippen LogP contribution in [0, 0.1) is 20.8 Å².